The van der Waals surface area contributed by atoms with Gasteiger partial charge in [-0.1, -0.05) is 35.3 Å². The quantitative estimate of drug-likeness (QED) is 0.513. The lowest BCUT2D eigenvalue weighted by molar-refractivity contribution is -0.125. The van der Waals surface area contributed by atoms with Crippen LogP contribution in [0.25, 0.3) is 28.1 Å². The van der Waals surface area contributed by atoms with E-state index in [-0.39, 0.29) is 5.91 Å². The Kier molecular flexibility index (Phi) is 6.19. The predicted octanol–water partition coefficient (Wildman–Crippen LogP) is 5.33. The molecular formula is C24H25Cl2N3O. The van der Waals surface area contributed by atoms with E-state index in [1.54, 1.807) is 18.2 Å². The summed E-state index contributed by atoms with van der Waals surface area (Å²) in [5, 5.41) is 2.09. The maximum atomic E-state index is 12.8. The fraction of sp³-hybridized carbons (Fsp3) is 0.292. The van der Waals surface area contributed by atoms with Crippen LogP contribution in [0.2, 0.25) is 10.0 Å². The highest BCUT2D eigenvalue weighted by molar-refractivity contribution is 6.43. The second-order valence-corrected chi connectivity index (χ2v) is 8.62. The second-order valence-electron chi connectivity index (χ2n) is 7.84. The summed E-state index contributed by atoms with van der Waals surface area (Å²) in [6.45, 7) is 3.41. The molecule has 0 bridgehead atoms. The van der Waals surface area contributed by atoms with Crippen LogP contribution in [0.4, 0.5) is 0 Å². The van der Waals surface area contributed by atoms with Crippen molar-refractivity contribution in [3.8, 4) is 11.1 Å². The van der Waals surface area contributed by atoms with Gasteiger partial charge in [-0.15, -0.1) is 0 Å². The molecule has 2 heterocycles. The topological polar surface area (TPSA) is 28.5 Å². The van der Waals surface area contributed by atoms with E-state index >= 15 is 0 Å². The number of benzene rings is 2. The zero-order valence-electron chi connectivity index (χ0n) is 17.2. The number of carbonyl (C=O) groups is 1. The Labute approximate surface area is 187 Å². The van der Waals surface area contributed by atoms with Crippen molar-refractivity contribution < 1.29 is 4.79 Å². The van der Waals surface area contributed by atoms with Crippen molar-refractivity contribution >= 4 is 46.1 Å². The molecule has 0 saturated carbocycles. The Hall–Kier alpha value is -2.27. The summed E-state index contributed by atoms with van der Waals surface area (Å²) in [6.07, 6.45) is 6.45. The zero-order chi connectivity index (χ0) is 21.3. The lowest BCUT2D eigenvalue weighted by Gasteiger charge is -2.18. The van der Waals surface area contributed by atoms with Crippen molar-refractivity contribution in [2.24, 2.45) is 7.05 Å². The number of hydrogen-bond acceptors (Lipinski definition) is 2. The Bertz CT molecular complexity index is 1120. The minimum atomic E-state index is 0.00537. The highest BCUT2D eigenvalue weighted by Gasteiger charge is 2.16. The smallest absolute Gasteiger partial charge is 0.246 e. The van der Waals surface area contributed by atoms with Crippen LogP contribution in [0.3, 0.4) is 0 Å². The van der Waals surface area contributed by atoms with Crippen LogP contribution in [0, 0.1) is 0 Å². The van der Waals surface area contributed by atoms with Crippen molar-refractivity contribution in [3.63, 3.8) is 0 Å². The van der Waals surface area contributed by atoms with E-state index in [2.05, 4.69) is 40.8 Å². The highest BCUT2D eigenvalue weighted by atomic mass is 35.5. The van der Waals surface area contributed by atoms with Gasteiger partial charge in [0.05, 0.1) is 10.0 Å². The molecule has 2 aromatic carbocycles. The monoisotopic (exact) mass is 441 g/mol. The molecule has 0 spiro atoms. The number of carbonyl (C=O) groups excluding carboxylic acids is 1. The van der Waals surface area contributed by atoms with Gasteiger partial charge in [0.15, 0.2) is 0 Å². The minimum absolute atomic E-state index is 0.00537. The number of rotatable bonds is 3. The van der Waals surface area contributed by atoms with E-state index in [4.69, 9.17) is 23.2 Å². The molecule has 4 rings (SSSR count). The molecule has 1 saturated heterocycles. The molecular weight excluding hydrogens is 417 g/mol. The van der Waals surface area contributed by atoms with E-state index in [9.17, 15) is 4.79 Å². The van der Waals surface area contributed by atoms with Gasteiger partial charge < -0.3 is 14.4 Å². The largest absolute Gasteiger partial charge is 0.351 e. The van der Waals surface area contributed by atoms with Crippen LogP contribution >= 0.6 is 23.2 Å². The first-order valence-corrected chi connectivity index (χ1v) is 10.9. The van der Waals surface area contributed by atoms with E-state index in [1.807, 2.05) is 24.2 Å². The fourth-order valence-corrected chi connectivity index (χ4v) is 4.35. The normalized spacial score (nSPS) is 15.8. The number of halogens is 2. The molecule has 4 nitrogen and oxygen atoms in total. The van der Waals surface area contributed by atoms with Gasteiger partial charge in [0.25, 0.3) is 0 Å². The first-order chi connectivity index (χ1) is 14.4. The molecule has 3 aromatic rings. The van der Waals surface area contributed by atoms with E-state index in [0.29, 0.717) is 10.0 Å². The van der Waals surface area contributed by atoms with Crippen molar-refractivity contribution in [2.45, 2.75) is 6.42 Å². The highest BCUT2D eigenvalue weighted by Crippen LogP contribution is 2.36. The molecule has 1 fully saturated rings. The Balaban J connectivity index is 1.67. The number of likely N-dealkylation sites (N-methyl/N-ethyl adjacent to an activating group) is 1. The lowest BCUT2D eigenvalue weighted by Crippen LogP contribution is -2.33. The van der Waals surface area contributed by atoms with Gasteiger partial charge in [-0.05, 0) is 61.5 Å². The molecule has 1 aliphatic rings. The predicted molar refractivity (Wildman–Crippen MR) is 126 cm³/mol. The molecule has 0 unspecified atom stereocenters. The van der Waals surface area contributed by atoms with Crippen molar-refractivity contribution in [2.75, 3.05) is 33.2 Å². The maximum Gasteiger partial charge on any atom is 0.246 e. The van der Waals surface area contributed by atoms with Crippen LogP contribution in [0.1, 0.15) is 12.0 Å². The summed E-state index contributed by atoms with van der Waals surface area (Å²) in [5.74, 6) is 0.00537. The van der Waals surface area contributed by atoms with Crippen molar-refractivity contribution in [1.29, 1.82) is 0 Å². The summed E-state index contributed by atoms with van der Waals surface area (Å²) < 4.78 is 2.09. The molecule has 0 atom stereocenters. The molecule has 0 radical (unpaired) electrons. The number of fused-ring (bicyclic) bond motifs is 1. The Morgan fingerprint density at radius 1 is 1.00 bits per heavy atom. The van der Waals surface area contributed by atoms with Crippen LogP contribution < -0.4 is 0 Å². The van der Waals surface area contributed by atoms with Gasteiger partial charge >= 0.3 is 0 Å². The maximum absolute atomic E-state index is 12.8. The zero-order valence-corrected chi connectivity index (χ0v) is 18.7. The summed E-state index contributed by atoms with van der Waals surface area (Å²) >= 11 is 12.9. The molecule has 156 valence electrons. The fourth-order valence-electron chi connectivity index (χ4n) is 3.96. The second kappa shape index (κ2) is 8.84. The number of aryl methyl sites for hydroxylation is 1. The Morgan fingerprint density at radius 2 is 1.83 bits per heavy atom. The number of aromatic nitrogens is 1. The average molecular weight is 442 g/mol. The molecule has 0 N–H and O–H groups in total. The molecule has 30 heavy (non-hydrogen) atoms. The third-order valence-electron chi connectivity index (χ3n) is 5.75. The molecule has 1 aliphatic heterocycles. The first kappa shape index (κ1) is 21.0. The standard InChI is InChI=1S/C24H25Cl2N3O/c1-27-11-3-12-29(15-14-27)23(30)9-6-20-19(5-7-21(25)24(20)26)17-4-8-22-18(16-17)10-13-28(22)2/h4-10,13,16H,3,11-12,14-15H2,1-2H3/b9-6+. The molecule has 6 heteroatoms. The van der Waals surface area contributed by atoms with Crippen LogP contribution in [-0.4, -0.2) is 53.5 Å². The van der Waals surface area contributed by atoms with Gasteiger partial charge in [0.1, 0.15) is 0 Å². The van der Waals surface area contributed by atoms with Gasteiger partial charge in [0.2, 0.25) is 5.91 Å². The number of amides is 1. The van der Waals surface area contributed by atoms with E-state index in [1.165, 1.54) is 0 Å². The van der Waals surface area contributed by atoms with Crippen LogP contribution in [0.15, 0.2) is 48.7 Å². The van der Waals surface area contributed by atoms with Crippen molar-refractivity contribution in [1.82, 2.24) is 14.4 Å². The third-order valence-corrected chi connectivity index (χ3v) is 6.57. The summed E-state index contributed by atoms with van der Waals surface area (Å²) in [7, 11) is 4.12. The van der Waals surface area contributed by atoms with Gasteiger partial charge in [-0.3, -0.25) is 4.79 Å². The number of hydrogen-bond donors (Lipinski definition) is 0. The number of nitrogens with zero attached hydrogens (tertiary/aromatic N) is 3. The summed E-state index contributed by atoms with van der Waals surface area (Å²) in [5.41, 5.74) is 3.92. The van der Waals surface area contributed by atoms with Crippen molar-refractivity contribution in [3.05, 3.63) is 64.3 Å². The van der Waals surface area contributed by atoms with E-state index in [0.717, 1.165) is 60.2 Å². The van der Waals surface area contributed by atoms with E-state index < -0.39 is 0 Å². The van der Waals surface area contributed by atoms with Gasteiger partial charge in [-0.25, -0.2) is 0 Å². The van der Waals surface area contributed by atoms with Crippen LogP contribution in [-0.2, 0) is 11.8 Å². The Morgan fingerprint density at radius 3 is 2.67 bits per heavy atom. The third kappa shape index (κ3) is 4.27. The molecule has 1 aromatic heterocycles. The average Bonchev–Trinajstić information content (AvgIpc) is 2.96. The molecule has 0 aliphatic carbocycles. The minimum Gasteiger partial charge on any atom is -0.351 e. The van der Waals surface area contributed by atoms with Gasteiger partial charge in [-0.2, -0.15) is 0 Å². The van der Waals surface area contributed by atoms with Gasteiger partial charge in [0, 0.05) is 55.4 Å². The lowest BCUT2D eigenvalue weighted by atomic mass is 9.98. The summed E-state index contributed by atoms with van der Waals surface area (Å²) in [4.78, 5) is 16.9. The first-order valence-electron chi connectivity index (χ1n) is 10.1. The SMILES string of the molecule is CN1CCCN(C(=O)/C=C/c2c(-c3ccc4c(ccn4C)c3)ccc(Cl)c2Cl)CC1. The van der Waals surface area contributed by atoms with Crippen LogP contribution in [0.5, 0.6) is 0 Å². The summed E-state index contributed by atoms with van der Waals surface area (Å²) in [6, 6.07) is 12.2. The molecule has 1 amide bonds.